The third-order valence-electron chi connectivity index (χ3n) is 8.31. The van der Waals surface area contributed by atoms with Crippen LogP contribution < -0.4 is 0 Å². The van der Waals surface area contributed by atoms with E-state index in [0.29, 0.717) is 9.54 Å². The third-order valence-corrected chi connectivity index (χ3v) is 25.8. The molecule has 2 aliphatic rings. The minimum absolute atomic E-state index is 0.458. The van der Waals surface area contributed by atoms with Crippen LogP contribution >= 0.6 is 11.6 Å². The van der Waals surface area contributed by atoms with Gasteiger partial charge in [0.2, 0.25) is 0 Å². The van der Waals surface area contributed by atoms with Crippen LogP contribution in [-0.2, 0) is 17.4 Å². The molecule has 2 atom stereocenters. The van der Waals surface area contributed by atoms with Crippen LogP contribution in [0.3, 0.4) is 0 Å². The molecule has 0 bridgehead atoms. The summed E-state index contributed by atoms with van der Waals surface area (Å²) in [6.45, 7) is 14.2. The zero-order valence-corrected chi connectivity index (χ0v) is 25.4. The van der Waals surface area contributed by atoms with Gasteiger partial charge in [-0.1, -0.05) is 0 Å². The zero-order valence-electron chi connectivity index (χ0n) is 20.8. The molecule has 168 valence electrons. The number of benzene rings is 2. The summed E-state index contributed by atoms with van der Waals surface area (Å²) >= 11 is 3.53. The maximum absolute atomic E-state index is 7.07. The summed E-state index contributed by atoms with van der Waals surface area (Å²) in [4.78, 5) is 0. The van der Waals surface area contributed by atoms with Crippen molar-refractivity contribution in [1.29, 1.82) is 0 Å². The van der Waals surface area contributed by atoms with Gasteiger partial charge in [0.05, 0.1) is 0 Å². The van der Waals surface area contributed by atoms with Gasteiger partial charge in [-0.3, -0.25) is 0 Å². The Morgan fingerprint density at radius 3 is 2.16 bits per heavy atom. The summed E-state index contributed by atoms with van der Waals surface area (Å²) < 4.78 is 7.64. The quantitative estimate of drug-likeness (QED) is 0.333. The van der Waals surface area contributed by atoms with E-state index in [1.807, 2.05) is 0 Å². The van der Waals surface area contributed by atoms with E-state index in [0.717, 1.165) is 17.9 Å². The van der Waals surface area contributed by atoms with E-state index in [1.54, 1.807) is 20.0 Å². The van der Waals surface area contributed by atoms with E-state index >= 15 is 0 Å². The second-order valence-corrected chi connectivity index (χ2v) is 40.9. The fourth-order valence-electron chi connectivity index (χ4n) is 6.89. The molecule has 2 aromatic carbocycles. The average molecular weight is 540 g/mol. The number of allylic oxidation sites excluding steroid dienone is 5. The molecule has 0 saturated heterocycles. The van der Waals surface area contributed by atoms with Crippen LogP contribution in [0.5, 0.6) is 0 Å². The number of rotatable bonds is 5. The van der Waals surface area contributed by atoms with E-state index in [2.05, 4.69) is 99.3 Å². The van der Waals surface area contributed by atoms with E-state index in [-0.39, 0.29) is 0 Å². The second kappa shape index (κ2) is 8.37. The van der Waals surface area contributed by atoms with Crippen molar-refractivity contribution in [3.63, 3.8) is 0 Å². The first-order valence-electron chi connectivity index (χ1n) is 12.0. The van der Waals surface area contributed by atoms with Gasteiger partial charge in [0.15, 0.2) is 0 Å². The van der Waals surface area contributed by atoms with Crippen LogP contribution in [0.25, 0.3) is 5.57 Å². The Morgan fingerprint density at radius 1 is 0.938 bits per heavy atom. The summed E-state index contributed by atoms with van der Waals surface area (Å²) in [7, 11) is 0. The molecule has 4 rings (SSSR count). The van der Waals surface area contributed by atoms with Crippen LogP contribution in [0, 0.1) is 5.92 Å². The molecule has 0 spiro atoms. The Kier molecular flexibility index (Phi) is 6.32. The standard InChI is InChI=1S/C18H16Cl.C9H13.2CH3.H2Si.Zr/c1-2-7-14-12-16-15(10-6-11-17(16)19)18(14)13-8-4-3-5-9-13;1-6-5-7(2)9(4)8(6)3;;;;/h3-6,8-12H,2,7H2,1H3;6H,1-4H3;2*1H3;1H2;. The molecule has 0 fully saturated rings. The first-order valence-corrected chi connectivity index (χ1v) is 25.9. The molecule has 0 aliphatic heterocycles. The van der Waals surface area contributed by atoms with E-state index in [9.17, 15) is 0 Å². The fraction of sp³-hybridized carbons (Fsp3) is 0.379. The van der Waals surface area contributed by atoms with Gasteiger partial charge in [0, 0.05) is 0 Å². The summed E-state index contributed by atoms with van der Waals surface area (Å²) in [5.74, 6) is 0.544. The van der Waals surface area contributed by atoms with Gasteiger partial charge in [0.1, 0.15) is 0 Å². The Labute approximate surface area is 202 Å². The van der Waals surface area contributed by atoms with Crippen molar-refractivity contribution in [2.45, 2.75) is 60.3 Å². The van der Waals surface area contributed by atoms with Crippen LogP contribution in [0.4, 0.5) is 0 Å². The van der Waals surface area contributed by atoms with Crippen molar-refractivity contribution in [1.82, 2.24) is 0 Å². The molecule has 0 nitrogen and oxygen atoms in total. The van der Waals surface area contributed by atoms with Crippen LogP contribution in [0.15, 0.2) is 74.1 Å². The number of hydrogen-bond donors (Lipinski definition) is 0. The van der Waals surface area contributed by atoms with Crippen LogP contribution in [-0.4, -0.2) is 6.88 Å². The number of hydrogen-bond acceptors (Lipinski definition) is 0. The summed E-state index contributed by atoms with van der Waals surface area (Å²) in [5, 5.41) is 0.952. The van der Waals surface area contributed by atoms with Crippen LogP contribution in [0.2, 0.25) is 14.3 Å². The Balaban J connectivity index is 2.08. The maximum atomic E-state index is 7.07. The Hall–Kier alpha value is -0.950. The average Bonchev–Trinajstić information content (AvgIpc) is 3.18. The fourth-order valence-corrected chi connectivity index (χ4v) is 28.2. The van der Waals surface area contributed by atoms with Crippen molar-refractivity contribution in [3.05, 3.63) is 95.8 Å². The number of halogens is 1. The topological polar surface area (TPSA) is 0 Å². The van der Waals surface area contributed by atoms with Gasteiger partial charge in [-0.2, -0.15) is 0 Å². The first-order chi connectivity index (χ1) is 15.0. The molecule has 2 aromatic rings. The van der Waals surface area contributed by atoms with Gasteiger partial charge in [0.25, 0.3) is 0 Å². The number of fused-ring (bicyclic) bond motifs is 1. The molecule has 0 N–H and O–H groups in total. The molecule has 0 saturated carbocycles. The predicted molar refractivity (Wildman–Crippen MR) is 142 cm³/mol. The molecular weight excluding hydrogens is 503 g/mol. The zero-order chi connectivity index (χ0) is 23.4. The first kappa shape index (κ1) is 24.2. The molecule has 2 aliphatic carbocycles. The molecule has 32 heavy (non-hydrogen) atoms. The van der Waals surface area contributed by atoms with Crippen molar-refractivity contribution >= 4 is 24.1 Å². The van der Waals surface area contributed by atoms with Gasteiger partial charge in [-0.25, -0.2) is 0 Å². The van der Waals surface area contributed by atoms with Crippen molar-refractivity contribution in [2.24, 2.45) is 5.92 Å². The molecule has 3 heteroatoms. The summed E-state index contributed by atoms with van der Waals surface area (Å²) in [6.07, 6.45) is 2.29. The SMILES string of the molecule is CCCC1=C(c2ccccc2)c2cccc(Cl)c2[CH]1[Zr]([CH3])([CH3])(=[SiH2])[C]1=C(C)C(C)=C(C)C1C. The normalized spacial score (nSPS) is 21.7. The van der Waals surface area contributed by atoms with Gasteiger partial charge in [-0.05, 0) is 0 Å². The van der Waals surface area contributed by atoms with E-state index in [4.69, 9.17) is 11.6 Å². The van der Waals surface area contributed by atoms with Crippen molar-refractivity contribution in [3.8, 4) is 0 Å². The monoisotopic (exact) mass is 538 g/mol. The van der Waals surface area contributed by atoms with Gasteiger partial charge < -0.3 is 0 Å². The van der Waals surface area contributed by atoms with Gasteiger partial charge >= 0.3 is 204 Å². The van der Waals surface area contributed by atoms with Crippen molar-refractivity contribution < 1.29 is 17.4 Å². The van der Waals surface area contributed by atoms with E-state index in [1.165, 1.54) is 27.8 Å². The molecule has 0 aromatic heterocycles. The summed E-state index contributed by atoms with van der Waals surface area (Å²) in [6, 6.07) is 17.6. The van der Waals surface area contributed by atoms with Crippen LogP contribution in [0.1, 0.15) is 67.8 Å². The molecular formula is C29H37ClSiZr. The Bertz CT molecular complexity index is 1250. The third kappa shape index (κ3) is 3.57. The Morgan fingerprint density at radius 2 is 1.59 bits per heavy atom. The predicted octanol–water partition coefficient (Wildman–Crippen LogP) is 8.59. The molecule has 0 amide bonds. The second-order valence-electron chi connectivity index (χ2n) is 11.0. The molecule has 2 unspecified atom stereocenters. The molecule has 0 radical (unpaired) electrons. The van der Waals surface area contributed by atoms with E-state index < -0.39 is 17.4 Å². The van der Waals surface area contributed by atoms with Gasteiger partial charge in [-0.15, -0.1) is 0 Å². The molecule has 0 heterocycles. The summed E-state index contributed by atoms with van der Waals surface area (Å²) in [5.41, 5.74) is 11.9. The van der Waals surface area contributed by atoms with Crippen molar-refractivity contribution in [2.75, 3.05) is 0 Å². The minimum atomic E-state index is -3.54.